The molecule has 0 aliphatic heterocycles. The van der Waals surface area contributed by atoms with Gasteiger partial charge in [-0.2, -0.15) is 5.26 Å². The van der Waals surface area contributed by atoms with Gasteiger partial charge in [0.2, 0.25) is 0 Å². The highest BCUT2D eigenvalue weighted by molar-refractivity contribution is 5.37. The lowest BCUT2D eigenvalue weighted by Gasteiger charge is -2.09. The van der Waals surface area contributed by atoms with Gasteiger partial charge in [0, 0.05) is 6.04 Å². The van der Waals surface area contributed by atoms with Crippen molar-refractivity contribution in [3.05, 3.63) is 53.9 Å². The molecule has 0 unspecified atom stereocenters. The van der Waals surface area contributed by atoms with E-state index in [4.69, 9.17) is 15.7 Å². The van der Waals surface area contributed by atoms with Gasteiger partial charge < -0.3 is 10.5 Å². The average molecular weight is 253 g/mol. The van der Waals surface area contributed by atoms with Gasteiger partial charge in [0.25, 0.3) is 0 Å². The Bertz CT molecular complexity index is 570. The standard InChI is InChI=1S/C15H15N3O/c1-2-14(17)15-8-7-13(10-18-15)19-12-5-3-11(9-16)4-6-12/h3-8,10,14H,2,17H2,1H3/t14-/m0/s1. The van der Waals surface area contributed by atoms with Crippen molar-refractivity contribution >= 4 is 0 Å². The van der Waals surface area contributed by atoms with Crippen LogP contribution < -0.4 is 10.5 Å². The first-order valence-electron chi connectivity index (χ1n) is 6.12. The minimum absolute atomic E-state index is 0.0380. The molecule has 4 heteroatoms. The molecule has 1 aromatic heterocycles. The number of hydrogen-bond donors (Lipinski definition) is 1. The normalized spacial score (nSPS) is 11.6. The largest absolute Gasteiger partial charge is 0.456 e. The van der Waals surface area contributed by atoms with Crippen molar-refractivity contribution < 1.29 is 4.74 Å². The second kappa shape index (κ2) is 5.98. The lowest BCUT2D eigenvalue weighted by Crippen LogP contribution is -2.10. The maximum absolute atomic E-state index is 8.71. The van der Waals surface area contributed by atoms with Crippen LogP contribution in [0.2, 0.25) is 0 Å². The van der Waals surface area contributed by atoms with Gasteiger partial charge >= 0.3 is 0 Å². The summed E-state index contributed by atoms with van der Waals surface area (Å²) in [6, 6.07) is 12.7. The molecule has 0 saturated carbocycles. The predicted molar refractivity (Wildman–Crippen MR) is 72.7 cm³/mol. The molecule has 2 rings (SSSR count). The van der Waals surface area contributed by atoms with Crippen molar-refractivity contribution in [2.75, 3.05) is 0 Å². The van der Waals surface area contributed by atoms with Crippen LogP contribution in [-0.4, -0.2) is 4.98 Å². The molecule has 2 N–H and O–H groups in total. The van der Waals surface area contributed by atoms with Gasteiger partial charge in [0.1, 0.15) is 11.5 Å². The van der Waals surface area contributed by atoms with Crippen LogP contribution in [0.3, 0.4) is 0 Å². The first kappa shape index (κ1) is 13.1. The van der Waals surface area contributed by atoms with Crippen LogP contribution in [0.25, 0.3) is 0 Å². The van der Waals surface area contributed by atoms with Crippen LogP contribution in [0.1, 0.15) is 30.6 Å². The molecule has 0 bridgehead atoms. The Hall–Kier alpha value is -2.38. The molecule has 96 valence electrons. The summed E-state index contributed by atoms with van der Waals surface area (Å²) in [7, 11) is 0. The van der Waals surface area contributed by atoms with Gasteiger partial charge in [-0.25, -0.2) is 0 Å². The van der Waals surface area contributed by atoms with Crippen LogP contribution in [0.15, 0.2) is 42.6 Å². The third-order valence-corrected chi connectivity index (χ3v) is 2.80. The number of rotatable bonds is 4. The van der Waals surface area contributed by atoms with Crippen LogP contribution >= 0.6 is 0 Å². The summed E-state index contributed by atoms with van der Waals surface area (Å²) >= 11 is 0. The molecule has 0 aliphatic carbocycles. The quantitative estimate of drug-likeness (QED) is 0.908. The van der Waals surface area contributed by atoms with Crippen LogP contribution in [0.5, 0.6) is 11.5 Å². The molecule has 2 aromatic rings. The predicted octanol–water partition coefficient (Wildman–Crippen LogP) is 3.16. The summed E-state index contributed by atoms with van der Waals surface area (Å²) in [5.74, 6) is 1.32. The zero-order chi connectivity index (χ0) is 13.7. The van der Waals surface area contributed by atoms with Crippen LogP contribution in [0.4, 0.5) is 0 Å². The smallest absolute Gasteiger partial charge is 0.145 e. The molecule has 0 fully saturated rings. The molecule has 0 spiro atoms. The lowest BCUT2D eigenvalue weighted by molar-refractivity contribution is 0.479. The molecule has 19 heavy (non-hydrogen) atoms. The zero-order valence-corrected chi connectivity index (χ0v) is 10.7. The summed E-state index contributed by atoms with van der Waals surface area (Å²) in [5.41, 5.74) is 7.36. The molecule has 0 radical (unpaired) electrons. The zero-order valence-electron chi connectivity index (χ0n) is 10.7. The number of pyridine rings is 1. The highest BCUT2D eigenvalue weighted by atomic mass is 16.5. The Kier molecular flexibility index (Phi) is 4.11. The Labute approximate surface area is 112 Å². The summed E-state index contributed by atoms with van der Waals surface area (Å²) in [4.78, 5) is 4.28. The highest BCUT2D eigenvalue weighted by Crippen LogP contribution is 2.22. The average Bonchev–Trinajstić information content (AvgIpc) is 2.48. The third kappa shape index (κ3) is 3.30. The highest BCUT2D eigenvalue weighted by Gasteiger charge is 2.05. The minimum Gasteiger partial charge on any atom is -0.456 e. The molecule has 1 heterocycles. The molecular formula is C15H15N3O. The maximum atomic E-state index is 8.71. The van der Waals surface area contributed by atoms with E-state index in [0.717, 1.165) is 12.1 Å². The monoisotopic (exact) mass is 253 g/mol. The van der Waals surface area contributed by atoms with Crippen molar-refractivity contribution in [2.24, 2.45) is 5.73 Å². The van der Waals surface area contributed by atoms with Gasteiger partial charge in [0.05, 0.1) is 23.5 Å². The number of aromatic nitrogens is 1. The topological polar surface area (TPSA) is 71.9 Å². The minimum atomic E-state index is -0.0380. The fraction of sp³-hybridized carbons (Fsp3) is 0.200. The van der Waals surface area contributed by atoms with E-state index >= 15 is 0 Å². The number of benzene rings is 1. The van der Waals surface area contributed by atoms with Crippen LogP contribution in [-0.2, 0) is 0 Å². The SMILES string of the molecule is CC[C@H](N)c1ccc(Oc2ccc(C#N)cc2)cn1. The summed E-state index contributed by atoms with van der Waals surface area (Å²) < 4.78 is 5.63. The molecule has 0 amide bonds. The van der Waals surface area contributed by atoms with E-state index < -0.39 is 0 Å². The second-order valence-electron chi connectivity index (χ2n) is 4.17. The number of nitriles is 1. The van der Waals surface area contributed by atoms with Crippen molar-refractivity contribution in [3.63, 3.8) is 0 Å². The Morgan fingerprint density at radius 1 is 1.21 bits per heavy atom. The Morgan fingerprint density at radius 3 is 2.42 bits per heavy atom. The van der Waals surface area contributed by atoms with E-state index in [-0.39, 0.29) is 6.04 Å². The van der Waals surface area contributed by atoms with Gasteiger partial charge in [-0.3, -0.25) is 4.98 Å². The van der Waals surface area contributed by atoms with E-state index in [1.54, 1.807) is 30.5 Å². The lowest BCUT2D eigenvalue weighted by atomic mass is 10.1. The molecule has 0 saturated heterocycles. The van der Waals surface area contributed by atoms with Crippen LogP contribution in [0, 0.1) is 11.3 Å². The number of nitrogens with two attached hydrogens (primary N) is 1. The van der Waals surface area contributed by atoms with Crippen molar-refractivity contribution in [1.29, 1.82) is 5.26 Å². The Balaban J connectivity index is 2.08. The van der Waals surface area contributed by atoms with E-state index in [1.165, 1.54) is 0 Å². The van der Waals surface area contributed by atoms with Gasteiger partial charge in [0.15, 0.2) is 0 Å². The van der Waals surface area contributed by atoms with Crippen molar-refractivity contribution in [1.82, 2.24) is 4.98 Å². The third-order valence-electron chi connectivity index (χ3n) is 2.80. The van der Waals surface area contributed by atoms with E-state index in [9.17, 15) is 0 Å². The van der Waals surface area contributed by atoms with Gasteiger partial charge in [-0.05, 0) is 42.8 Å². The summed E-state index contributed by atoms with van der Waals surface area (Å²) in [5, 5.41) is 8.71. The van der Waals surface area contributed by atoms with Gasteiger partial charge in [-0.15, -0.1) is 0 Å². The van der Waals surface area contributed by atoms with Crippen molar-refractivity contribution in [3.8, 4) is 17.6 Å². The van der Waals surface area contributed by atoms with Crippen molar-refractivity contribution in [2.45, 2.75) is 19.4 Å². The summed E-state index contributed by atoms with van der Waals surface area (Å²) in [6.45, 7) is 2.02. The molecule has 1 atom stereocenters. The van der Waals surface area contributed by atoms with E-state index in [0.29, 0.717) is 17.1 Å². The Morgan fingerprint density at radius 2 is 1.89 bits per heavy atom. The fourth-order valence-electron chi connectivity index (χ4n) is 1.61. The first-order chi connectivity index (χ1) is 9.22. The second-order valence-corrected chi connectivity index (χ2v) is 4.17. The van der Waals surface area contributed by atoms with E-state index in [2.05, 4.69) is 11.1 Å². The number of ether oxygens (including phenoxy) is 1. The molecule has 0 aliphatic rings. The van der Waals surface area contributed by atoms with E-state index in [1.807, 2.05) is 19.1 Å². The van der Waals surface area contributed by atoms with Gasteiger partial charge in [-0.1, -0.05) is 6.92 Å². The fourth-order valence-corrected chi connectivity index (χ4v) is 1.61. The maximum Gasteiger partial charge on any atom is 0.145 e. The molecular weight excluding hydrogens is 238 g/mol. The number of nitrogens with zero attached hydrogens (tertiary/aromatic N) is 2. The first-order valence-corrected chi connectivity index (χ1v) is 6.12. The summed E-state index contributed by atoms with van der Waals surface area (Å²) in [6.07, 6.45) is 2.51. The number of hydrogen-bond acceptors (Lipinski definition) is 4. The molecule has 1 aromatic carbocycles. The molecule has 4 nitrogen and oxygen atoms in total.